The number of aromatic nitrogens is 2. The van der Waals surface area contributed by atoms with Crippen LogP contribution >= 0.6 is 0 Å². The van der Waals surface area contributed by atoms with Crippen molar-refractivity contribution in [3.8, 4) is 0 Å². The SMILES string of the molecule is CC(C)c1n[nH]c2ccc[c]c12. The summed E-state index contributed by atoms with van der Waals surface area (Å²) in [7, 11) is 0. The standard InChI is InChI=1S/C10H11N2/c1-7(2)10-8-5-3-4-6-9(8)11-12-10/h3-4,6-7H,1-2H3,(H,11,12). The molecule has 0 saturated carbocycles. The van der Waals surface area contributed by atoms with Crippen LogP contribution in [-0.2, 0) is 0 Å². The first kappa shape index (κ1) is 7.35. The van der Waals surface area contributed by atoms with Crippen LogP contribution in [0.2, 0.25) is 0 Å². The van der Waals surface area contributed by atoms with Crippen LogP contribution in [-0.4, -0.2) is 10.2 Å². The number of H-pyrrole nitrogens is 1. The second kappa shape index (κ2) is 2.63. The average Bonchev–Trinajstić information content (AvgIpc) is 2.47. The van der Waals surface area contributed by atoms with E-state index in [1.54, 1.807) is 0 Å². The number of benzene rings is 1. The minimum atomic E-state index is 0.456. The maximum atomic E-state index is 4.24. The van der Waals surface area contributed by atoms with Gasteiger partial charge in [-0.15, -0.1) is 0 Å². The van der Waals surface area contributed by atoms with Gasteiger partial charge < -0.3 is 0 Å². The fraction of sp³-hybridized carbons (Fsp3) is 0.300. The van der Waals surface area contributed by atoms with Gasteiger partial charge in [-0.1, -0.05) is 26.0 Å². The fourth-order valence-electron chi connectivity index (χ4n) is 1.34. The lowest BCUT2D eigenvalue weighted by molar-refractivity contribution is 0.818. The third kappa shape index (κ3) is 0.998. The summed E-state index contributed by atoms with van der Waals surface area (Å²) in [5, 5.41) is 8.34. The van der Waals surface area contributed by atoms with E-state index >= 15 is 0 Å². The van der Waals surface area contributed by atoms with E-state index in [4.69, 9.17) is 0 Å². The van der Waals surface area contributed by atoms with Crippen molar-refractivity contribution in [1.82, 2.24) is 10.2 Å². The molecule has 2 nitrogen and oxygen atoms in total. The molecule has 61 valence electrons. The zero-order chi connectivity index (χ0) is 8.55. The molecule has 0 unspecified atom stereocenters. The zero-order valence-electron chi connectivity index (χ0n) is 7.26. The number of hydrogen-bond acceptors (Lipinski definition) is 1. The van der Waals surface area contributed by atoms with E-state index in [9.17, 15) is 0 Å². The highest BCUT2D eigenvalue weighted by molar-refractivity contribution is 5.80. The van der Waals surface area contributed by atoms with Crippen molar-refractivity contribution in [1.29, 1.82) is 0 Å². The summed E-state index contributed by atoms with van der Waals surface area (Å²) in [6.07, 6.45) is 0. The van der Waals surface area contributed by atoms with E-state index in [1.807, 2.05) is 18.2 Å². The van der Waals surface area contributed by atoms with Gasteiger partial charge in [-0.05, 0) is 18.1 Å². The maximum absolute atomic E-state index is 4.24. The van der Waals surface area contributed by atoms with E-state index in [1.165, 1.54) is 0 Å². The van der Waals surface area contributed by atoms with Crippen LogP contribution in [0, 0.1) is 6.07 Å². The number of hydrogen-bond donors (Lipinski definition) is 1. The van der Waals surface area contributed by atoms with Crippen molar-refractivity contribution in [2.75, 3.05) is 0 Å². The van der Waals surface area contributed by atoms with Gasteiger partial charge in [-0.2, -0.15) is 5.10 Å². The lowest BCUT2D eigenvalue weighted by Crippen LogP contribution is -1.87. The molecule has 2 rings (SSSR count). The lowest BCUT2D eigenvalue weighted by Gasteiger charge is -1.98. The van der Waals surface area contributed by atoms with Crippen LogP contribution in [0.1, 0.15) is 25.5 Å². The van der Waals surface area contributed by atoms with Crippen LogP contribution in [0.5, 0.6) is 0 Å². The predicted molar refractivity (Wildman–Crippen MR) is 49.0 cm³/mol. The van der Waals surface area contributed by atoms with Crippen molar-refractivity contribution in [3.05, 3.63) is 30.0 Å². The molecule has 1 radical (unpaired) electrons. The Labute approximate surface area is 71.6 Å². The smallest absolute Gasteiger partial charge is 0.0732 e. The van der Waals surface area contributed by atoms with E-state index < -0.39 is 0 Å². The quantitative estimate of drug-likeness (QED) is 0.680. The van der Waals surface area contributed by atoms with Gasteiger partial charge in [0.25, 0.3) is 0 Å². The Morgan fingerprint density at radius 3 is 3.08 bits per heavy atom. The van der Waals surface area contributed by atoms with Crippen molar-refractivity contribution in [2.24, 2.45) is 0 Å². The second-order valence-electron chi connectivity index (χ2n) is 3.22. The summed E-state index contributed by atoms with van der Waals surface area (Å²) in [4.78, 5) is 0. The van der Waals surface area contributed by atoms with Gasteiger partial charge in [0.1, 0.15) is 0 Å². The van der Waals surface area contributed by atoms with E-state index in [2.05, 4.69) is 30.1 Å². The summed E-state index contributed by atoms with van der Waals surface area (Å²) in [6.45, 7) is 4.27. The molecule has 0 fully saturated rings. The highest BCUT2D eigenvalue weighted by atomic mass is 15.1. The fourth-order valence-corrected chi connectivity index (χ4v) is 1.34. The molecule has 12 heavy (non-hydrogen) atoms. The number of nitrogens with zero attached hydrogens (tertiary/aromatic N) is 1. The van der Waals surface area contributed by atoms with Crippen LogP contribution in [0.15, 0.2) is 18.2 Å². The molecule has 2 aromatic rings. The monoisotopic (exact) mass is 159 g/mol. The molecule has 0 spiro atoms. The van der Waals surface area contributed by atoms with Gasteiger partial charge >= 0.3 is 0 Å². The Hall–Kier alpha value is -1.31. The molecule has 0 aliphatic rings. The zero-order valence-corrected chi connectivity index (χ0v) is 7.26. The molecular formula is C10H11N2. The summed E-state index contributed by atoms with van der Waals surface area (Å²) in [6, 6.07) is 9.09. The molecule has 0 saturated heterocycles. The van der Waals surface area contributed by atoms with E-state index in [-0.39, 0.29) is 0 Å². The summed E-state index contributed by atoms with van der Waals surface area (Å²) < 4.78 is 0. The Morgan fingerprint density at radius 1 is 1.50 bits per heavy atom. The minimum absolute atomic E-state index is 0.456. The lowest BCUT2D eigenvalue weighted by atomic mass is 10.1. The van der Waals surface area contributed by atoms with Crippen molar-refractivity contribution in [3.63, 3.8) is 0 Å². The van der Waals surface area contributed by atoms with Crippen molar-refractivity contribution < 1.29 is 0 Å². The van der Waals surface area contributed by atoms with Gasteiger partial charge in [0.05, 0.1) is 11.2 Å². The number of fused-ring (bicyclic) bond motifs is 1. The van der Waals surface area contributed by atoms with Gasteiger partial charge in [0, 0.05) is 5.39 Å². The predicted octanol–water partition coefficient (Wildman–Crippen LogP) is 2.49. The largest absolute Gasteiger partial charge is 0.278 e. The Balaban J connectivity index is 2.70. The van der Waals surface area contributed by atoms with Crippen LogP contribution in [0.25, 0.3) is 10.9 Å². The molecule has 0 aliphatic heterocycles. The van der Waals surface area contributed by atoms with Crippen LogP contribution in [0.4, 0.5) is 0 Å². The first-order chi connectivity index (χ1) is 5.79. The maximum Gasteiger partial charge on any atom is 0.0732 e. The molecular weight excluding hydrogens is 148 g/mol. The molecule has 1 N–H and O–H groups in total. The first-order valence-corrected chi connectivity index (χ1v) is 4.13. The molecule has 0 aliphatic carbocycles. The molecule has 1 aromatic heterocycles. The van der Waals surface area contributed by atoms with Crippen LogP contribution < -0.4 is 0 Å². The highest BCUT2D eigenvalue weighted by Crippen LogP contribution is 2.21. The summed E-state index contributed by atoms with van der Waals surface area (Å²) >= 11 is 0. The second-order valence-corrected chi connectivity index (χ2v) is 3.22. The Bertz CT molecular complexity index is 387. The number of aromatic amines is 1. The van der Waals surface area contributed by atoms with Crippen molar-refractivity contribution in [2.45, 2.75) is 19.8 Å². The normalized spacial score (nSPS) is 11.2. The molecule has 0 bridgehead atoms. The average molecular weight is 159 g/mol. The summed E-state index contributed by atoms with van der Waals surface area (Å²) in [5.74, 6) is 0.456. The Morgan fingerprint density at radius 2 is 2.33 bits per heavy atom. The van der Waals surface area contributed by atoms with E-state index in [0.29, 0.717) is 5.92 Å². The highest BCUT2D eigenvalue weighted by Gasteiger charge is 2.07. The topological polar surface area (TPSA) is 28.7 Å². The number of nitrogens with one attached hydrogen (secondary N) is 1. The first-order valence-electron chi connectivity index (χ1n) is 4.13. The van der Waals surface area contributed by atoms with Gasteiger partial charge in [-0.3, -0.25) is 5.10 Å². The van der Waals surface area contributed by atoms with Crippen molar-refractivity contribution >= 4 is 10.9 Å². The van der Waals surface area contributed by atoms with E-state index in [0.717, 1.165) is 16.6 Å². The molecule has 0 atom stereocenters. The van der Waals surface area contributed by atoms with Gasteiger partial charge in [-0.25, -0.2) is 0 Å². The molecule has 1 heterocycles. The van der Waals surface area contributed by atoms with Crippen LogP contribution in [0.3, 0.4) is 0 Å². The number of rotatable bonds is 1. The van der Waals surface area contributed by atoms with Gasteiger partial charge in [0.2, 0.25) is 0 Å². The van der Waals surface area contributed by atoms with Gasteiger partial charge in [0.15, 0.2) is 0 Å². The minimum Gasteiger partial charge on any atom is -0.278 e. The molecule has 1 aromatic carbocycles. The Kier molecular flexibility index (Phi) is 1.61. The molecule has 2 heteroatoms. The third-order valence-corrected chi connectivity index (χ3v) is 1.96. The third-order valence-electron chi connectivity index (χ3n) is 1.96. The molecule has 0 amide bonds. The summed E-state index contributed by atoms with van der Waals surface area (Å²) in [5.41, 5.74) is 2.17.